The highest BCUT2D eigenvalue weighted by Crippen LogP contribution is 2.45. The zero-order chi connectivity index (χ0) is 13.9. The standard InChI is InChI=1S/C17H33NO/c1-4-5-14-6-10-17(13-18,11-7-14)12-15-8-9-16(2,3)19-15/h14-15H,4-13,18H2,1-3H3. The van der Waals surface area contributed by atoms with E-state index in [1.807, 2.05) is 0 Å². The lowest BCUT2D eigenvalue weighted by molar-refractivity contribution is -0.0419. The lowest BCUT2D eigenvalue weighted by atomic mass is 9.67. The van der Waals surface area contributed by atoms with Crippen molar-refractivity contribution in [2.24, 2.45) is 17.1 Å². The van der Waals surface area contributed by atoms with Crippen molar-refractivity contribution in [3.05, 3.63) is 0 Å². The van der Waals surface area contributed by atoms with E-state index in [4.69, 9.17) is 10.5 Å². The van der Waals surface area contributed by atoms with E-state index in [0.29, 0.717) is 11.5 Å². The Bertz CT molecular complexity index is 279. The Kier molecular flexibility index (Phi) is 4.94. The third-order valence-corrected chi connectivity index (χ3v) is 5.51. The fraction of sp³-hybridized carbons (Fsp3) is 1.00. The predicted molar refractivity (Wildman–Crippen MR) is 81.2 cm³/mol. The van der Waals surface area contributed by atoms with Crippen molar-refractivity contribution in [2.75, 3.05) is 6.54 Å². The molecule has 19 heavy (non-hydrogen) atoms. The first-order chi connectivity index (χ1) is 8.99. The van der Waals surface area contributed by atoms with Gasteiger partial charge in [0.2, 0.25) is 0 Å². The van der Waals surface area contributed by atoms with Gasteiger partial charge in [-0.05, 0) is 76.7 Å². The molecule has 112 valence electrons. The summed E-state index contributed by atoms with van der Waals surface area (Å²) in [6.07, 6.45) is 12.3. The summed E-state index contributed by atoms with van der Waals surface area (Å²) in [7, 11) is 0. The highest BCUT2D eigenvalue weighted by Gasteiger charge is 2.40. The average molecular weight is 267 g/mol. The van der Waals surface area contributed by atoms with Crippen LogP contribution < -0.4 is 5.73 Å². The van der Waals surface area contributed by atoms with Gasteiger partial charge < -0.3 is 10.5 Å². The quantitative estimate of drug-likeness (QED) is 0.807. The Morgan fingerprint density at radius 3 is 2.26 bits per heavy atom. The fourth-order valence-electron chi connectivity index (χ4n) is 4.18. The highest BCUT2D eigenvalue weighted by molar-refractivity contribution is 4.91. The molecule has 2 N–H and O–H groups in total. The largest absolute Gasteiger partial charge is 0.372 e. The molecule has 0 spiro atoms. The molecule has 1 atom stereocenters. The van der Waals surface area contributed by atoms with Gasteiger partial charge in [0.1, 0.15) is 0 Å². The second-order valence-corrected chi connectivity index (χ2v) is 7.68. The molecule has 1 heterocycles. The minimum atomic E-state index is 0.0971. The van der Waals surface area contributed by atoms with Gasteiger partial charge in [0.25, 0.3) is 0 Å². The number of hydrogen-bond acceptors (Lipinski definition) is 2. The van der Waals surface area contributed by atoms with Crippen molar-refractivity contribution in [1.82, 2.24) is 0 Å². The van der Waals surface area contributed by atoms with Crippen molar-refractivity contribution in [3.63, 3.8) is 0 Å². The molecule has 2 rings (SSSR count). The Balaban J connectivity index is 1.86. The van der Waals surface area contributed by atoms with Gasteiger partial charge in [0.15, 0.2) is 0 Å². The van der Waals surface area contributed by atoms with Gasteiger partial charge in [-0.2, -0.15) is 0 Å². The third kappa shape index (κ3) is 3.95. The molecule has 1 saturated heterocycles. The molecular weight excluding hydrogens is 234 g/mol. The summed E-state index contributed by atoms with van der Waals surface area (Å²) in [6, 6.07) is 0. The summed E-state index contributed by atoms with van der Waals surface area (Å²) in [5.41, 5.74) is 6.63. The molecule has 1 saturated carbocycles. The van der Waals surface area contributed by atoms with Crippen LogP contribution in [0.4, 0.5) is 0 Å². The van der Waals surface area contributed by atoms with Crippen molar-refractivity contribution in [3.8, 4) is 0 Å². The van der Waals surface area contributed by atoms with Crippen LogP contribution in [0.1, 0.15) is 78.6 Å². The second kappa shape index (κ2) is 6.13. The maximum Gasteiger partial charge on any atom is 0.0631 e. The van der Waals surface area contributed by atoms with Crippen LogP contribution in [-0.4, -0.2) is 18.2 Å². The van der Waals surface area contributed by atoms with Gasteiger partial charge in [-0.25, -0.2) is 0 Å². The number of ether oxygens (including phenoxy) is 1. The zero-order valence-corrected chi connectivity index (χ0v) is 13.2. The van der Waals surface area contributed by atoms with Crippen LogP contribution >= 0.6 is 0 Å². The second-order valence-electron chi connectivity index (χ2n) is 7.68. The molecule has 2 aliphatic rings. The summed E-state index contributed by atoms with van der Waals surface area (Å²) in [5.74, 6) is 0.964. The fourth-order valence-corrected chi connectivity index (χ4v) is 4.18. The van der Waals surface area contributed by atoms with Crippen LogP contribution in [0.2, 0.25) is 0 Å². The maximum atomic E-state index is 6.20. The van der Waals surface area contributed by atoms with Gasteiger partial charge in [0, 0.05) is 0 Å². The summed E-state index contributed by atoms with van der Waals surface area (Å²) in [4.78, 5) is 0. The molecule has 0 aromatic carbocycles. The van der Waals surface area contributed by atoms with Gasteiger partial charge in [0.05, 0.1) is 11.7 Å². The monoisotopic (exact) mass is 267 g/mol. The number of rotatable bonds is 5. The van der Waals surface area contributed by atoms with E-state index in [1.54, 1.807) is 0 Å². The van der Waals surface area contributed by atoms with Gasteiger partial charge in [-0.3, -0.25) is 0 Å². The van der Waals surface area contributed by atoms with E-state index in [2.05, 4.69) is 20.8 Å². The van der Waals surface area contributed by atoms with Gasteiger partial charge >= 0.3 is 0 Å². The highest BCUT2D eigenvalue weighted by atomic mass is 16.5. The first-order valence-corrected chi connectivity index (χ1v) is 8.36. The van der Waals surface area contributed by atoms with Crippen LogP contribution in [0.25, 0.3) is 0 Å². The van der Waals surface area contributed by atoms with Crippen molar-refractivity contribution < 1.29 is 4.74 Å². The van der Waals surface area contributed by atoms with Gasteiger partial charge in [-0.1, -0.05) is 19.8 Å². The molecule has 2 nitrogen and oxygen atoms in total. The van der Waals surface area contributed by atoms with Crippen molar-refractivity contribution in [1.29, 1.82) is 0 Å². The van der Waals surface area contributed by atoms with Crippen LogP contribution in [0, 0.1) is 11.3 Å². The van der Waals surface area contributed by atoms with Crippen LogP contribution in [-0.2, 0) is 4.74 Å². The smallest absolute Gasteiger partial charge is 0.0631 e. The van der Waals surface area contributed by atoms with E-state index in [0.717, 1.165) is 12.5 Å². The Morgan fingerprint density at radius 1 is 1.11 bits per heavy atom. The topological polar surface area (TPSA) is 35.2 Å². The van der Waals surface area contributed by atoms with E-state index in [1.165, 1.54) is 57.8 Å². The van der Waals surface area contributed by atoms with Crippen LogP contribution in [0.15, 0.2) is 0 Å². The molecule has 1 aliphatic heterocycles. The number of nitrogens with two attached hydrogens (primary N) is 1. The van der Waals surface area contributed by atoms with E-state index in [-0.39, 0.29) is 5.60 Å². The lowest BCUT2D eigenvalue weighted by Crippen LogP contribution is -2.38. The van der Waals surface area contributed by atoms with E-state index >= 15 is 0 Å². The molecule has 0 aromatic rings. The minimum absolute atomic E-state index is 0.0971. The maximum absolute atomic E-state index is 6.20. The molecule has 1 aliphatic carbocycles. The van der Waals surface area contributed by atoms with Crippen LogP contribution in [0.3, 0.4) is 0 Å². The number of hydrogen-bond donors (Lipinski definition) is 1. The first-order valence-electron chi connectivity index (χ1n) is 8.36. The normalized spacial score (nSPS) is 38.5. The summed E-state index contributed by atoms with van der Waals surface area (Å²) in [5, 5.41) is 0. The molecule has 1 unspecified atom stereocenters. The average Bonchev–Trinajstić information content (AvgIpc) is 2.71. The SMILES string of the molecule is CCCC1CCC(CN)(CC2CCC(C)(C)O2)CC1. The lowest BCUT2D eigenvalue weighted by Gasteiger charge is -2.41. The Labute approximate surface area is 119 Å². The molecular formula is C17H33NO. The minimum Gasteiger partial charge on any atom is -0.372 e. The Hall–Kier alpha value is -0.0800. The molecule has 2 heteroatoms. The summed E-state index contributed by atoms with van der Waals surface area (Å²) >= 11 is 0. The van der Waals surface area contributed by atoms with Crippen molar-refractivity contribution >= 4 is 0 Å². The summed E-state index contributed by atoms with van der Waals surface area (Å²) < 4.78 is 6.20. The Morgan fingerprint density at radius 2 is 1.79 bits per heavy atom. The van der Waals surface area contributed by atoms with E-state index < -0.39 is 0 Å². The molecule has 0 bridgehead atoms. The zero-order valence-electron chi connectivity index (χ0n) is 13.2. The van der Waals surface area contributed by atoms with Crippen molar-refractivity contribution in [2.45, 2.75) is 90.3 Å². The first kappa shape index (κ1) is 15.3. The van der Waals surface area contributed by atoms with Gasteiger partial charge in [-0.15, -0.1) is 0 Å². The molecule has 0 aromatic heterocycles. The summed E-state index contributed by atoms with van der Waals surface area (Å²) in [6.45, 7) is 7.60. The molecule has 2 fully saturated rings. The molecule has 0 radical (unpaired) electrons. The predicted octanol–water partition coefficient (Wildman–Crippen LogP) is 4.27. The van der Waals surface area contributed by atoms with E-state index in [9.17, 15) is 0 Å². The third-order valence-electron chi connectivity index (χ3n) is 5.51. The van der Waals surface area contributed by atoms with Crippen LogP contribution in [0.5, 0.6) is 0 Å². The molecule has 0 amide bonds.